The third-order valence-corrected chi connectivity index (χ3v) is 5.67. The van der Waals surface area contributed by atoms with Crippen molar-refractivity contribution in [3.63, 3.8) is 0 Å². The number of piperidine rings is 1. The number of hydrogen-bond acceptors (Lipinski definition) is 4. The van der Waals surface area contributed by atoms with Gasteiger partial charge in [0.15, 0.2) is 0 Å². The van der Waals surface area contributed by atoms with Crippen LogP contribution in [0.1, 0.15) is 24.8 Å². The molecule has 4 rings (SSSR count). The average molecular weight is 380 g/mol. The minimum absolute atomic E-state index is 0.00366. The third-order valence-electron chi connectivity index (χ3n) is 5.67. The molecule has 1 N–H and O–H groups in total. The predicted octanol–water partition coefficient (Wildman–Crippen LogP) is 3.10. The van der Waals surface area contributed by atoms with Crippen molar-refractivity contribution in [2.24, 2.45) is 0 Å². The lowest BCUT2D eigenvalue weighted by Crippen LogP contribution is -2.51. The van der Waals surface area contributed by atoms with Crippen LogP contribution < -0.4 is 15.1 Å². The van der Waals surface area contributed by atoms with Crippen LogP contribution in [-0.4, -0.2) is 55.2 Å². The van der Waals surface area contributed by atoms with Gasteiger partial charge in [0.05, 0.1) is 0 Å². The number of benzene rings is 1. The molecule has 2 aromatic rings. The number of amides is 2. The molecule has 0 unspecified atom stereocenters. The monoisotopic (exact) mass is 379 g/mol. The summed E-state index contributed by atoms with van der Waals surface area (Å²) in [6.07, 6.45) is 7.48. The summed E-state index contributed by atoms with van der Waals surface area (Å²) >= 11 is 0. The van der Waals surface area contributed by atoms with Crippen molar-refractivity contribution in [1.29, 1.82) is 0 Å². The highest BCUT2D eigenvalue weighted by Gasteiger charge is 2.21. The molecule has 1 aromatic heterocycles. The number of nitrogens with zero attached hydrogens (tertiary/aromatic N) is 4. The molecule has 0 bridgehead atoms. The van der Waals surface area contributed by atoms with E-state index in [1.165, 1.54) is 43.7 Å². The Morgan fingerprint density at radius 3 is 2.11 bits per heavy atom. The van der Waals surface area contributed by atoms with Crippen molar-refractivity contribution in [1.82, 2.24) is 15.2 Å². The molecule has 1 aromatic carbocycles. The number of carbonyl (C=O) groups is 1. The van der Waals surface area contributed by atoms with Crippen molar-refractivity contribution < 1.29 is 4.79 Å². The zero-order chi connectivity index (χ0) is 19.2. The average Bonchev–Trinajstić information content (AvgIpc) is 2.79. The fourth-order valence-corrected chi connectivity index (χ4v) is 3.99. The van der Waals surface area contributed by atoms with Gasteiger partial charge in [-0.15, -0.1) is 0 Å². The van der Waals surface area contributed by atoms with E-state index in [0.717, 1.165) is 31.7 Å². The molecule has 6 heteroatoms. The van der Waals surface area contributed by atoms with Crippen LogP contribution in [-0.2, 0) is 6.54 Å². The minimum Gasteiger partial charge on any atom is -0.372 e. The Labute approximate surface area is 167 Å². The number of nitrogens with one attached hydrogen (secondary N) is 1. The standard InChI is InChI=1S/C22H29N5O/c28-22(24-18-19-5-4-10-23-17-19)27-15-13-26(14-16-27)21-8-6-20(7-9-21)25-11-2-1-3-12-25/h4-10,17H,1-3,11-16,18H2,(H,24,28). The smallest absolute Gasteiger partial charge is 0.317 e. The lowest BCUT2D eigenvalue weighted by molar-refractivity contribution is 0.194. The van der Waals surface area contributed by atoms with Crippen LogP contribution in [0.4, 0.5) is 16.2 Å². The number of urea groups is 1. The van der Waals surface area contributed by atoms with Crippen LogP contribution in [0.5, 0.6) is 0 Å². The van der Waals surface area contributed by atoms with Gasteiger partial charge in [-0.05, 0) is 55.2 Å². The summed E-state index contributed by atoms with van der Waals surface area (Å²) < 4.78 is 0. The van der Waals surface area contributed by atoms with Gasteiger partial charge >= 0.3 is 6.03 Å². The fourth-order valence-electron chi connectivity index (χ4n) is 3.99. The Kier molecular flexibility index (Phi) is 5.95. The van der Waals surface area contributed by atoms with Crippen LogP contribution in [0.2, 0.25) is 0 Å². The highest BCUT2D eigenvalue weighted by atomic mass is 16.2. The molecule has 0 aliphatic carbocycles. The largest absolute Gasteiger partial charge is 0.372 e. The second kappa shape index (κ2) is 8.95. The number of piperazine rings is 1. The van der Waals surface area contributed by atoms with E-state index in [-0.39, 0.29) is 6.03 Å². The van der Waals surface area contributed by atoms with E-state index in [0.29, 0.717) is 6.54 Å². The molecule has 6 nitrogen and oxygen atoms in total. The van der Waals surface area contributed by atoms with E-state index in [1.54, 1.807) is 12.4 Å². The molecule has 148 valence electrons. The van der Waals surface area contributed by atoms with Crippen LogP contribution in [0, 0.1) is 0 Å². The predicted molar refractivity (Wildman–Crippen MR) is 113 cm³/mol. The number of anilines is 2. The number of carbonyl (C=O) groups excluding carboxylic acids is 1. The van der Waals surface area contributed by atoms with Crippen molar-refractivity contribution >= 4 is 17.4 Å². The van der Waals surface area contributed by atoms with E-state index in [4.69, 9.17) is 0 Å². The number of pyridine rings is 1. The van der Waals surface area contributed by atoms with Gasteiger partial charge in [0.2, 0.25) is 0 Å². The maximum Gasteiger partial charge on any atom is 0.317 e. The van der Waals surface area contributed by atoms with Gasteiger partial charge in [-0.25, -0.2) is 4.79 Å². The molecule has 2 saturated heterocycles. The summed E-state index contributed by atoms with van der Waals surface area (Å²) in [6, 6.07) is 12.8. The molecule has 0 radical (unpaired) electrons. The second-order valence-electron chi connectivity index (χ2n) is 7.56. The molecule has 0 saturated carbocycles. The van der Waals surface area contributed by atoms with Gasteiger partial charge in [-0.3, -0.25) is 4.98 Å². The van der Waals surface area contributed by atoms with Gasteiger partial charge in [-0.1, -0.05) is 6.07 Å². The molecule has 2 aliphatic heterocycles. The van der Waals surface area contributed by atoms with E-state index in [1.807, 2.05) is 17.0 Å². The van der Waals surface area contributed by atoms with Crippen molar-refractivity contribution in [2.75, 3.05) is 49.1 Å². The Morgan fingerprint density at radius 1 is 0.857 bits per heavy atom. The molecule has 0 spiro atoms. The van der Waals surface area contributed by atoms with Crippen molar-refractivity contribution in [2.45, 2.75) is 25.8 Å². The van der Waals surface area contributed by atoms with Gasteiger partial charge in [0.1, 0.15) is 0 Å². The van der Waals surface area contributed by atoms with E-state index < -0.39 is 0 Å². The zero-order valence-electron chi connectivity index (χ0n) is 16.4. The van der Waals surface area contributed by atoms with E-state index >= 15 is 0 Å². The maximum absolute atomic E-state index is 12.4. The van der Waals surface area contributed by atoms with Gasteiger partial charge in [-0.2, -0.15) is 0 Å². The third kappa shape index (κ3) is 4.55. The molecule has 0 atom stereocenters. The fraction of sp³-hybridized carbons (Fsp3) is 0.455. The Balaban J connectivity index is 1.26. The molecular formula is C22H29N5O. The number of hydrogen-bond donors (Lipinski definition) is 1. The summed E-state index contributed by atoms with van der Waals surface area (Å²) in [6.45, 7) is 6.08. The first-order chi connectivity index (χ1) is 13.8. The van der Waals surface area contributed by atoms with Gasteiger partial charge in [0.25, 0.3) is 0 Å². The quantitative estimate of drug-likeness (QED) is 0.887. The number of rotatable bonds is 4. The Hall–Kier alpha value is -2.76. The molecular weight excluding hydrogens is 350 g/mol. The second-order valence-corrected chi connectivity index (χ2v) is 7.56. The first-order valence-corrected chi connectivity index (χ1v) is 10.3. The van der Waals surface area contributed by atoms with Crippen LogP contribution >= 0.6 is 0 Å². The van der Waals surface area contributed by atoms with Crippen LogP contribution in [0.25, 0.3) is 0 Å². The first kappa shape index (κ1) is 18.6. The first-order valence-electron chi connectivity index (χ1n) is 10.3. The summed E-state index contributed by atoms with van der Waals surface area (Å²) in [4.78, 5) is 23.2. The molecule has 28 heavy (non-hydrogen) atoms. The molecule has 2 fully saturated rings. The minimum atomic E-state index is 0.00366. The summed E-state index contributed by atoms with van der Waals surface area (Å²) in [5.74, 6) is 0. The number of aromatic nitrogens is 1. The summed E-state index contributed by atoms with van der Waals surface area (Å²) in [5.41, 5.74) is 3.59. The van der Waals surface area contributed by atoms with Crippen LogP contribution in [0.3, 0.4) is 0 Å². The highest BCUT2D eigenvalue weighted by molar-refractivity contribution is 5.74. The van der Waals surface area contributed by atoms with Gasteiger partial charge < -0.3 is 20.0 Å². The molecule has 2 amide bonds. The SMILES string of the molecule is O=C(NCc1cccnc1)N1CCN(c2ccc(N3CCCCC3)cc2)CC1. The van der Waals surface area contributed by atoms with Crippen LogP contribution in [0.15, 0.2) is 48.8 Å². The highest BCUT2D eigenvalue weighted by Crippen LogP contribution is 2.24. The summed E-state index contributed by atoms with van der Waals surface area (Å²) in [5, 5.41) is 2.99. The summed E-state index contributed by atoms with van der Waals surface area (Å²) in [7, 11) is 0. The van der Waals surface area contributed by atoms with E-state index in [2.05, 4.69) is 44.4 Å². The topological polar surface area (TPSA) is 51.7 Å². The van der Waals surface area contributed by atoms with Crippen molar-refractivity contribution in [3.05, 3.63) is 54.4 Å². The van der Waals surface area contributed by atoms with Gasteiger partial charge in [0, 0.05) is 69.6 Å². The lowest BCUT2D eigenvalue weighted by Gasteiger charge is -2.36. The Bertz CT molecular complexity index is 750. The van der Waals surface area contributed by atoms with Crippen molar-refractivity contribution in [3.8, 4) is 0 Å². The zero-order valence-corrected chi connectivity index (χ0v) is 16.4. The maximum atomic E-state index is 12.4. The lowest BCUT2D eigenvalue weighted by atomic mass is 10.1. The molecule has 3 heterocycles. The van der Waals surface area contributed by atoms with E-state index in [9.17, 15) is 4.79 Å². The normalized spacial score (nSPS) is 17.5. The molecule has 2 aliphatic rings. The Morgan fingerprint density at radius 2 is 1.50 bits per heavy atom.